The summed E-state index contributed by atoms with van der Waals surface area (Å²) >= 11 is 0. The normalized spacial score (nSPS) is 19.9. The smallest absolute Gasteiger partial charge is 0.276 e. The van der Waals surface area contributed by atoms with Gasteiger partial charge in [-0.3, -0.25) is 10.5 Å². The Morgan fingerprint density at radius 2 is 2.39 bits per heavy atom. The Bertz CT molecular complexity index is 427. The average Bonchev–Trinajstić information content (AvgIpc) is 2.74. The average molecular weight is 253 g/mol. The van der Waals surface area contributed by atoms with Crippen molar-refractivity contribution in [2.24, 2.45) is 11.7 Å². The number of fused-ring (bicyclic) bond motifs is 1. The molecule has 0 fully saturated rings. The third kappa shape index (κ3) is 2.46. The van der Waals surface area contributed by atoms with E-state index in [0.29, 0.717) is 18.1 Å². The highest BCUT2D eigenvalue weighted by molar-refractivity contribution is 5.98. The van der Waals surface area contributed by atoms with Gasteiger partial charge in [-0.25, -0.2) is 4.98 Å². The Labute approximate surface area is 105 Å². The fourth-order valence-electron chi connectivity index (χ4n) is 2.01. The third-order valence-corrected chi connectivity index (χ3v) is 3.25. The number of imidazole rings is 1. The predicted molar refractivity (Wildman–Crippen MR) is 66.8 cm³/mol. The second-order valence-electron chi connectivity index (χ2n) is 4.48. The van der Waals surface area contributed by atoms with Gasteiger partial charge in [0.1, 0.15) is 5.82 Å². The fraction of sp³-hybridized carbons (Fsp3) is 0.636. The van der Waals surface area contributed by atoms with Crippen LogP contribution >= 0.6 is 0 Å². The maximum absolute atomic E-state index is 11.6. The Morgan fingerprint density at radius 1 is 1.61 bits per heavy atom. The number of hydrogen-bond acceptors (Lipinski definition) is 5. The largest absolute Gasteiger partial charge is 0.396 e. The van der Waals surface area contributed by atoms with Crippen LogP contribution in [0.1, 0.15) is 30.3 Å². The molecule has 0 saturated heterocycles. The van der Waals surface area contributed by atoms with Crippen LogP contribution in [-0.2, 0) is 6.54 Å². The molecule has 0 radical (unpaired) electrons. The summed E-state index contributed by atoms with van der Waals surface area (Å²) < 4.78 is 1.87. The lowest BCUT2D eigenvalue weighted by Gasteiger charge is -2.23. The van der Waals surface area contributed by atoms with E-state index in [1.807, 2.05) is 11.5 Å². The van der Waals surface area contributed by atoms with Crippen molar-refractivity contribution in [1.82, 2.24) is 14.9 Å². The Hall–Kier alpha value is -1.60. The highest BCUT2D eigenvalue weighted by Crippen LogP contribution is 2.19. The second kappa shape index (κ2) is 5.36. The summed E-state index contributed by atoms with van der Waals surface area (Å²) in [5, 5.41) is 14.7. The summed E-state index contributed by atoms with van der Waals surface area (Å²) in [6.45, 7) is 2.93. The van der Waals surface area contributed by atoms with Crippen LogP contribution in [0.15, 0.2) is 6.33 Å². The van der Waals surface area contributed by atoms with Gasteiger partial charge in [0.25, 0.3) is 5.91 Å². The molecule has 1 amide bonds. The Kier molecular flexibility index (Phi) is 3.83. The quantitative estimate of drug-likeness (QED) is 0.576. The number of aromatic nitrogens is 2. The van der Waals surface area contributed by atoms with Crippen LogP contribution in [0.25, 0.3) is 0 Å². The second-order valence-corrected chi connectivity index (χ2v) is 4.48. The molecule has 2 unspecified atom stereocenters. The van der Waals surface area contributed by atoms with Crippen LogP contribution in [0.2, 0.25) is 0 Å². The molecule has 18 heavy (non-hydrogen) atoms. The van der Waals surface area contributed by atoms with Crippen LogP contribution in [0.5, 0.6) is 0 Å². The molecule has 0 aliphatic carbocycles. The first-order chi connectivity index (χ1) is 8.65. The molecule has 1 aromatic heterocycles. The first kappa shape index (κ1) is 12.8. The molecule has 5 N–H and O–H groups in total. The highest BCUT2D eigenvalue weighted by Gasteiger charge is 2.25. The SMILES string of the molecule is CCC(CO)CCn1cnc2c1NC(N)NC2=O. The summed E-state index contributed by atoms with van der Waals surface area (Å²) in [4.78, 5) is 15.7. The number of carbonyl (C=O) groups excluding carboxylic acids is 1. The van der Waals surface area contributed by atoms with Gasteiger partial charge in [-0.15, -0.1) is 0 Å². The minimum Gasteiger partial charge on any atom is -0.396 e. The molecule has 1 aromatic rings. The van der Waals surface area contributed by atoms with Gasteiger partial charge in [-0.05, 0) is 12.3 Å². The number of rotatable bonds is 5. The van der Waals surface area contributed by atoms with Crippen LogP contribution in [0.4, 0.5) is 5.82 Å². The van der Waals surface area contributed by atoms with E-state index in [1.165, 1.54) is 0 Å². The number of nitrogens with one attached hydrogen (secondary N) is 2. The lowest BCUT2D eigenvalue weighted by Crippen LogP contribution is -2.51. The molecule has 2 rings (SSSR count). The number of carbonyl (C=O) groups is 1. The molecule has 0 spiro atoms. The van der Waals surface area contributed by atoms with Gasteiger partial charge in [0, 0.05) is 13.2 Å². The van der Waals surface area contributed by atoms with Crippen LogP contribution in [-0.4, -0.2) is 33.5 Å². The van der Waals surface area contributed by atoms with E-state index in [1.54, 1.807) is 6.33 Å². The molecular weight excluding hydrogens is 234 g/mol. The van der Waals surface area contributed by atoms with E-state index in [4.69, 9.17) is 10.8 Å². The third-order valence-electron chi connectivity index (χ3n) is 3.25. The van der Waals surface area contributed by atoms with Crippen molar-refractivity contribution in [2.75, 3.05) is 11.9 Å². The summed E-state index contributed by atoms with van der Waals surface area (Å²) in [6, 6.07) is 0. The summed E-state index contributed by atoms with van der Waals surface area (Å²) in [6.07, 6.45) is 2.81. The molecular formula is C11H19N5O2. The van der Waals surface area contributed by atoms with E-state index >= 15 is 0 Å². The van der Waals surface area contributed by atoms with E-state index in [2.05, 4.69) is 15.6 Å². The molecule has 2 atom stereocenters. The molecule has 2 heterocycles. The number of nitrogens with zero attached hydrogens (tertiary/aromatic N) is 2. The van der Waals surface area contributed by atoms with Crippen LogP contribution < -0.4 is 16.4 Å². The first-order valence-electron chi connectivity index (χ1n) is 6.14. The monoisotopic (exact) mass is 253 g/mol. The maximum atomic E-state index is 11.6. The van der Waals surface area contributed by atoms with E-state index in [-0.39, 0.29) is 18.4 Å². The number of aliphatic hydroxyl groups excluding tert-OH is 1. The zero-order valence-electron chi connectivity index (χ0n) is 10.4. The molecule has 0 aromatic carbocycles. The minimum absolute atomic E-state index is 0.181. The van der Waals surface area contributed by atoms with Gasteiger partial charge in [0.05, 0.1) is 6.33 Å². The van der Waals surface area contributed by atoms with Crippen LogP contribution in [0.3, 0.4) is 0 Å². The zero-order chi connectivity index (χ0) is 13.1. The van der Waals surface area contributed by atoms with Gasteiger partial charge in [-0.2, -0.15) is 0 Å². The van der Waals surface area contributed by atoms with Crippen molar-refractivity contribution in [3.8, 4) is 0 Å². The molecule has 1 aliphatic heterocycles. The van der Waals surface area contributed by atoms with E-state index in [0.717, 1.165) is 12.8 Å². The fourth-order valence-corrected chi connectivity index (χ4v) is 2.01. The number of aliphatic hydroxyl groups is 1. The molecule has 0 saturated carbocycles. The number of hydrogen-bond donors (Lipinski definition) is 4. The van der Waals surface area contributed by atoms with E-state index < -0.39 is 6.29 Å². The predicted octanol–water partition coefficient (Wildman–Crippen LogP) is -0.311. The summed E-state index contributed by atoms with van der Waals surface area (Å²) in [7, 11) is 0. The van der Waals surface area contributed by atoms with Crippen LogP contribution in [0, 0.1) is 5.92 Å². The van der Waals surface area contributed by atoms with Crippen molar-refractivity contribution in [1.29, 1.82) is 0 Å². The van der Waals surface area contributed by atoms with Gasteiger partial charge in [0.2, 0.25) is 0 Å². The highest BCUT2D eigenvalue weighted by atomic mass is 16.3. The summed E-state index contributed by atoms with van der Waals surface area (Å²) in [5.74, 6) is 0.664. The number of amides is 1. The molecule has 7 heteroatoms. The summed E-state index contributed by atoms with van der Waals surface area (Å²) in [5.41, 5.74) is 6.02. The van der Waals surface area contributed by atoms with Crippen molar-refractivity contribution < 1.29 is 9.90 Å². The van der Waals surface area contributed by atoms with Crippen molar-refractivity contribution in [3.05, 3.63) is 12.0 Å². The van der Waals surface area contributed by atoms with Gasteiger partial charge >= 0.3 is 0 Å². The number of nitrogens with two attached hydrogens (primary N) is 1. The minimum atomic E-state index is -0.583. The van der Waals surface area contributed by atoms with Crippen molar-refractivity contribution in [2.45, 2.75) is 32.6 Å². The number of anilines is 1. The van der Waals surface area contributed by atoms with Gasteiger partial charge in [0.15, 0.2) is 12.0 Å². The van der Waals surface area contributed by atoms with Crippen molar-refractivity contribution in [3.63, 3.8) is 0 Å². The Balaban J connectivity index is 2.09. The standard InChI is InChI=1S/C11H19N5O2/c1-2-7(5-17)3-4-16-6-13-8-9(16)14-11(12)15-10(8)18/h6-7,11,14,17H,2-5,12H2,1H3,(H,15,18). The Morgan fingerprint density at radius 3 is 3.06 bits per heavy atom. The molecule has 100 valence electrons. The molecule has 1 aliphatic rings. The van der Waals surface area contributed by atoms with E-state index in [9.17, 15) is 4.79 Å². The van der Waals surface area contributed by atoms with Gasteiger partial charge < -0.3 is 20.3 Å². The van der Waals surface area contributed by atoms with Crippen molar-refractivity contribution >= 4 is 11.7 Å². The number of aryl methyl sites for hydroxylation is 1. The molecule has 0 bridgehead atoms. The lowest BCUT2D eigenvalue weighted by molar-refractivity contribution is 0.0932. The maximum Gasteiger partial charge on any atom is 0.276 e. The first-order valence-corrected chi connectivity index (χ1v) is 6.14. The zero-order valence-corrected chi connectivity index (χ0v) is 10.4. The lowest BCUT2D eigenvalue weighted by atomic mass is 10.0. The van der Waals surface area contributed by atoms with Gasteiger partial charge in [-0.1, -0.05) is 13.3 Å². The molecule has 7 nitrogen and oxygen atoms in total. The topological polar surface area (TPSA) is 105 Å².